The second kappa shape index (κ2) is 5.10. The fourth-order valence-corrected chi connectivity index (χ4v) is 1.85. The van der Waals surface area contributed by atoms with Gasteiger partial charge in [0, 0.05) is 18.5 Å². The summed E-state index contributed by atoms with van der Waals surface area (Å²) in [5, 5.41) is 7.05. The van der Waals surface area contributed by atoms with Gasteiger partial charge in [-0.1, -0.05) is 23.4 Å². The molecule has 0 saturated carbocycles. The van der Waals surface area contributed by atoms with Crippen molar-refractivity contribution in [3.8, 4) is 11.5 Å². The van der Waals surface area contributed by atoms with E-state index in [0.29, 0.717) is 5.89 Å². The van der Waals surface area contributed by atoms with Crippen molar-refractivity contribution < 1.29 is 4.52 Å². The predicted molar refractivity (Wildman–Crippen MR) is 66.8 cm³/mol. The Morgan fingerprint density at radius 1 is 1.24 bits per heavy atom. The van der Waals surface area contributed by atoms with E-state index in [9.17, 15) is 0 Å². The van der Waals surface area contributed by atoms with E-state index >= 15 is 0 Å². The Kier molecular flexibility index (Phi) is 3.54. The van der Waals surface area contributed by atoms with Gasteiger partial charge in [0.15, 0.2) is 5.82 Å². The average molecular weight is 231 g/mol. The first kappa shape index (κ1) is 11.8. The topological polar surface area (TPSA) is 51.0 Å². The van der Waals surface area contributed by atoms with Crippen LogP contribution in [0.25, 0.3) is 11.5 Å². The van der Waals surface area contributed by atoms with Crippen molar-refractivity contribution in [3.05, 3.63) is 35.2 Å². The van der Waals surface area contributed by atoms with Crippen molar-refractivity contribution in [1.29, 1.82) is 0 Å². The van der Waals surface area contributed by atoms with E-state index in [1.165, 1.54) is 0 Å². The Morgan fingerprint density at radius 2 is 1.94 bits per heavy atom. The molecule has 0 aliphatic rings. The molecule has 0 unspecified atom stereocenters. The summed E-state index contributed by atoms with van der Waals surface area (Å²) in [5.41, 5.74) is 3.37. The molecular formula is C13H17N3O. The molecule has 90 valence electrons. The zero-order valence-corrected chi connectivity index (χ0v) is 10.4. The molecule has 0 atom stereocenters. The smallest absolute Gasteiger partial charge is 0.258 e. The third-order valence-electron chi connectivity index (χ3n) is 2.76. The number of rotatable bonds is 4. The zero-order valence-electron chi connectivity index (χ0n) is 10.4. The number of benzene rings is 1. The maximum atomic E-state index is 5.32. The van der Waals surface area contributed by atoms with Gasteiger partial charge in [-0.2, -0.15) is 4.98 Å². The molecule has 1 aromatic carbocycles. The normalized spacial score (nSPS) is 10.8. The summed E-state index contributed by atoms with van der Waals surface area (Å²) in [5.74, 6) is 1.36. The van der Waals surface area contributed by atoms with Gasteiger partial charge in [0.25, 0.3) is 5.89 Å². The molecule has 0 saturated heterocycles. The first-order valence-electron chi connectivity index (χ1n) is 5.76. The third-order valence-corrected chi connectivity index (χ3v) is 2.76. The van der Waals surface area contributed by atoms with E-state index < -0.39 is 0 Å². The second-order valence-electron chi connectivity index (χ2n) is 4.14. The van der Waals surface area contributed by atoms with Gasteiger partial charge in [0.1, 0.15) is 0 Å². The molecule has 1 heterocycles. The summed E-state index contributed by atoms with van der Waals surface area (Å²) in [6, 6.07) is 6.14. The minimum atomic E-state index is 0.617. The molecule has 4 nitrogen and oxygen atoms in total. The summed E-state index contributed by atoms with van der Waals surface area (Å²) >= 11 is 0. The molecule has 2 aromatic rings. The van der Waals surface area contributed by atoms with Crippen molar-refractivity contribution in [2.75, 3.05) is 13.6 Å². The highest BCUT2D eigenvalue weighted by Gasteiger charge is 2.12. The number of hydrogen-bond acceptors (Lipinski definition) is 4. The highest BCUT2D eigenvalue weighted by molar-refractivity contribution is 5.62. The van der Waals surface area contributed by atoms with Crippen LogP contribution in [-0.4, -0.2) is 23.7 Å². The standard InChI is InChI=1S/C13H17N3O/c1-9-5-4-6-10(2)12(9)13-15-11(16-17-13)7-8-14-3/h4-6,14H,7-8H2,1-3H3. The molecule has 1 aromatic heterocycles. The van der Waals surface area contributed by atoms with Crippen LogP contribution in [0, 0.1) is 13.8 Å². The van der Waals surface area contributed by atoms with Crippen molar-refractivity contribution >= 4 is 0 Å². The predicted octanol–water partition coefficient (Wildman–Crippen LogP) is 2.12. The third kappa shape index (κ3) is 2.53. The highest BCUT2D eigenvalue weighted by atomic mass is 16.5. The largest absolute Gasteiger partial charge is 0.334 e. The minimum Gasteiger partial charge on any atom is -0.334 e. The summed E-state index contributed by atoms with van der Waals surface area (Å²) in [6.07, 6.45) is 0.783. The van der Waals surface area contributed by atoms with Crippen LogP contribution in [-0.2, 0) is 6.42 Å². The lowest BCUT2D eigenvalue weighted by molar-refractivity contribution is 0.421. The van der Waals surface area contributed by atoms with Crippen molar-refractivity contribution in [2.24, 2.45) is 0 Å². The zero-order chi connectivity index (χ0) is 12.3. The molecule has 0 aliphatic carbocycles. The number of nitrogens with zero attached hydrogens (tertiary/aromatic N) is 2. The van der Waals surface area contributed by atoms with Crippen molar-refractivity contribution in [2.45, 2.75) is 20.3 Å². The van der Waals surface area contributed by atoms with Gasteiger partial charge in [-0.3, -0.25) is 0 Å². The summed E-state index contributed by atoms with van der Waals surface area (Å²) in [7, 11) is 1.91. The van der Waals surface area contributed by atoms with E-state index in [4.69, 9.17) is 4.52 Å². The number of nitrogens with one attached hydrogen (secondary N) is 1. The number of hydrogen-bond donors (Lipinski definition) is 1. The van der Waals surface area contributed by atoms with Crippen molar-refractivity contribution in [1.82, 2.24) is 15.5 Å². The van der Waals surface area contributed by atoms with E-state index in [1.54, 1.807) is 0 Å². The Labute approximate surface area is 101 Å². The van der Waals surface area contributed by atoms with Gasteiger partial charge < -0.3 is 9.84 Å². The molecular weight excluding hydrogens is 214 g/mol. The van der Waals surface area contributed by atoms with Gasteiger partial charge in [0.2, 0.25) is 0 Å². The van der Waals surface area contributed by atoms with Crippen LogP contribution >= 0.6 is 0 Å². The van der Waals surface area contributed by atoms with E-state index in [0.717, 1.165) is 35.5 Å². The Balaban J connectivity index is 2.30. The van der Waals surface area contributed by atoms with Crippen LogP contribution in [0.3, 0.4) is 0 Å². The molecule has 1 N–H and O–H groups in total. The lowest BCUT2D eigenvalue weighted by Gasteiger charge is -2.03. The summed E-state index contributed by atoms with van der Waals surface area (Å²) in [6.45, 7) is 4.96. The van der Waals surface area contributed by atoms with Crippen LogP contribution in [0.15, 0.2) is 22.7 Å². The Morgan fingerprint density at radius 3 is 2.59 bits per heavy atom. The van der Waals surface area contributed by atoms with Crippen molar-refractivity contribution in [3.63, 3.8) is 0 Å². The van der Waals surface area contributed by atoms with Crippen LogP contribution in [0.4, 0.5) is 0 Å². The molecule has 0 amide bonds. The van der Waals surface area contributed by atoms with Gasteiger partial charge in [-0.15, -0.1) is 0 Å². The first-order chi connectivity index (χ1) is 8.22. The molecule has 0 spiro atoms. The number of aromatic nitrogens is 2. The first-order valence-corrected chi connectivity index (χ1v) is 5.76. The molecule has 0 fully saturated rings. The van der Waals surface area contributed by atoms with E-state index in [1.807, 2.05) is 13.1 Å². The highest BCUT2D eigenvalue weighted by Crippen LogP contribution is 2.25. The lowest BCUT2D eigenvalue weighted by Crippen LogP contribution is -2.11. The molecule has 4 heteroatoms. The molecule has 0 bridgehead atoms. The maximum Gasteiger partial charge on any atom is 0.258 e. The summed E-state index contributed by atoms with van der Waals surface area (Å²) < 4.78 is 5.32. The van der Waals surface area contributed by atoms with Gasteiger partial charge in [-0.25, -0.2) is 0 Å². The molecule has 0 aliphatic heterocycles. The van der Waals surface area contributed by atoms with Crippen LogP contribution < -0.4 is 5.32 Å². The van der Waals surface area contributed by atoms with Gasteiger partial charge in [0.05, 0.1) is 0 Å². The molecule has 0 radical (unpaired) electrons. The number of likely N-dealkylation sites (N-methyl/N-ethyl adjacent to an activating group) is 1. The van der Waals surface area contributed by atoms with Crippen LogP contribution in [0.5, 0.6) is 0 Å². The SMILES string of the molecule is CNCCc1noc(-c2c(C)cccc2C)n1. The number of aryl methyl sites for hydroxylation is 2. The van der Waals surface area contributed by atoms with Gasteiger partial charge >= 0.3 is 0 Å². The Hall–Kier alpha value is -1.68. The maximum absolute atomic E-state index is 5.32. The van der Waals surface area contributed by atoms with Crippen LogP contribution in [0.2, 0.25) is 0 Å². The summed E-state index contributed by atoms with van der Waals surface area (Å²) in [4.78, 5) is 4.42. The second-order valence-corrected chi connectivity index (χ2v) is 4.14. The fraction of sp³-hybridized carbons (Fsp3) is 0.385. The van der Waals surface area contributed by atoms with Gasteiger partial charge in [-0.05, 0) is 32.0 Å². The fourth-order valence-electron chi connectivity index (χ4n) is 1.85. The lowest BCUT2D eigenvalue weighted by atomic mass is 10.0. The Bertz CT molecular complexity index is 485. The quantitative estimate of drug-likeness (QED) is 0.875. The monoisotopic (exact) mass is 231 g/mol. The minimum absolute atomic E-state index is 0.617. The van der Waals surface area contributed by atoms with Crippen LogP contribution in [0.1, 0.15) is 17.0 Å². The van der Waals surface area contributed by atoms with E-state index in [2.05, 4.69) is 41.4 Å². The molecule has 17 heavy (non-hydrogen) atoms. The van der Waals surface area contributed by atoms with E-state index in [-0.39, 0.29) is 0 Å². The average Bonchev–Trinajstić information content (AvgIpc) is 2.75. The molecule has 2 rings (SSSR count).